The summed E-state index contributed by atoms with van der Waals surface area (Å²) < 4.78 is 12.0. The Balaban J connectivity index is 1.32. The van der Waals surface area contributed by atoms with Gasteiger partial charge < -0.3 is 9.47 Å². The molecule has 0 spiro atoms. The van der Waals surface area contributed by atoms with E-state index in [1.807, 2.05) is 50.2 Å². The van der Waals surface area contributed by atoms with E-state index >= 15 is 0 Å². The van der Waals surface area contributed by atoms with Crippen molar-refractivity contribution in [1.29, 1.82) is 0 Å². The normalized spacial score (nSPS) is 17.1. The zero-order chi connectivity index (χ0) is 22.3. The molecule has 0 aromatic heterocycles. The first-order valence-corrected chi connectivity index (χ1v) is 12.1. The molecule has 0 bridgehead atoms. The van der Waals surface area contributed by atoms with Crippen LogP contribution in [-0.4, -0.2) is 68.1 Å². The number of likely N-dealkylation sites (tertiary alicyclic amines) is 2. The molecule has 0 amide bonds. The van der Waals surface area contributed by atoms with Crippen LogP contribution in [0.2, 0.25) is 0 Å². The summed E-state index contributed by atoms with van der Waals surface area (Å²) in [6.07, 6.45) is 5.17. The molecule has 0 radical (unpaired) electrons. The van der Waals surface area contributed by atoms with Crippen molar-refractivity contribution in [3.8, 4) is 11.5 Å². The van der Waals surface area contributed by atoms with Crippen LogP contribution in [0.3, 0.4) is 0 Å². The van der Waals surface area contributed by atoms with Gasteiger partial charge in [0.05, 0.1) is 0 Å². The fourth-order valence-electron chi connectivity index (χ4n) is 4.65. The molecular weight excluding hydrogens is 400 g/mol. The summed E-state index contributed by atoms with van der Waals surface area (Å²) in [4.78, 5) is 17.9. The first-order chi connectivity index (χ1) is 15.6. The van der Waals surface area contributed by atoms with Gasteiger partial charge in [-0.15, -0.1) is 0 Å². The zero-order valence-corrected chi connectivity index (χ0v) is 19.6. The van der Waals surface area contributed by atoms with Crippen molar-refractivity contribution in [1.82, 2.24) is 9.80 Å². The molecule has 2 aliphatic heterocycles. The maximum absolute atomic E-state index is 13.1. The largest absolute Gasteiger partial charge is 0.492 e. The predicted molar refractivity (Wildman–Crippen MR) is 128 cm³/mol. The SMILES string of the molecule is Cc1cc(C(=O)c2ccc(OCCN3CCCC3)c(C)c2)ccc1OCCN1CCCC1. The molecule has 5 heteroatoms. The van der Waals surface area contributed by atoms with Gasteiger partial charge in [0.15, 0.2) is 5.78 Å². The number of hydrogen-bond acceptors (Lipinski definition) is 5. The van der Waals surface area contributed by atoms with E-state index < -0.39 is 0 Å². The van der Waals surface area contributed by atoms with Crippen LogP contribution in [0.25, 0.3) is 0 Å². The van der Waals surface area contributed by atoms with Crippen molar-refractivity contribution in [2.45, 2.75) is 39.5 Å². The van der Waals surface area contributed by atoms with Crippen molar-refractivity contribution >= 4 is 5.78 Å². The molecule has 5 nitrogen and oxygen atoms in total. The molecule has 2 aromatic carbocycles. The zero-order valence-electron chi connectivity index (χ0n) is 19.6. The second kappa shape index (κ2) is 11.0. The number of nitrogens with zero attached hydrogens (tertiary/aromatic N) is 2. The number of ketones is 1. The molecule has 2 heterocycles. The van der Waals surface area contributed by atoms with Gasteiger partial charge in [0, 0.05) is 24.2 Å². The lowest BCUT2D eigenvalue weighted by Crippen LogP contribution is -2.25. The van der Waals surface area contributed by atoms with Gasteiger partial charge in [0.1, 0.15) is 24.7 Å². The van der Waals surface area contributed by atoms with Crippen molar-refractivity contribution in [2.24, 2.45) is 0 Å². The van der Waals surface area contributed by atoms with Crippen molar-refractivity contribution < 1.29 is 14.3 Å². The smallest absolute Gasteiger partial charge is 0.193 e. The number of carbonyl (C=O) groups excluding carboxylic acids is 1. The predicted octanol–water partition coefficient (Wildman–Crippen LogP) is 4.48. The highest BCUT2D eigenvalue weighted by Gasteiger charge is 2.15. The van der Waals surface area contributed by atoms with Crippen molar-refractivity contribution in [2.75, 3.05) is 52.5 Å². The summed E-state index contributed by atoms with van der Waals surface area (Å²) in [6, 6.07) is 11.5. The number of hydrogen-bond donors (Lipinski definition) is 0. The van der Waals surface area contributed by atoms with E-state index in [0.717, 1.165) is 35.7 Å². The minimum Gasteiger partial charge on any atom is -0.492 e. The molecule has 172 valence electrons. The highest BCUT2D eigenvalue weighted by atomic mass is 16.5. The van der Waals surface area contributed by atoms with Crippen LogP contribution < -0.4 is 9.47 Å². The molecule has 0 atom stereocenters. The minimum atomic E-state index is 0.0310. The van der Waals surface area contributed by atoms with E-state index in [2.05, 4.69) is 9.80 Å². The Morgan fingerprint density at radius 1 is 0.719 bits per heavy atom. The van der Waals surface area contributed by atoms with E-state index in [0.29, 0.717) is 24.3 Å². The van der Waals surface area contributed by atoms with Crippen LogP contribution in [0.15, 0.2) is 36.4 Å². The maximum Gasteiger partial charge on any atom is 0.193 e. The van der Waals surface area contributed by atoms with Gasteiger partial charge in [0.25, 0.3) is 0 Å². The van der Waals surface area contributed by atoms with E-state index in [1.165, 1.54) is 51.9 Å². The third-order valence-corrected chi connectivity index (χ3v) is 6.60. The Hall–Kier alpha value is -2.37. The molecule has 2 saturated heterocycles. The van der Waals surface area contributed by atoms with Crippen LogP contribution in [0.5, 0.6) is 11.5 Å². The summed E-state index contributed by atoms with van der Waals surface area (Å²) in [7, 11) is 0. The lowest BCUT2D eigenvalue weighted by molar-refractivity contribution is 0.103. The van der Waals surface area contributed by atoms with Gasteiger partial charge in [-0.2, -0.15) is 0 Å². The molecule has 2 fully saturated rings. The van der Waals surface area contributed by atoms with Gasteiger partial charge in [-0.05, 0) is 113 Å². The number of benzene rings is 2. The summed E-state index contributed by atoms with van der Waals surface area (Å²) in [5.74, 6) is 1.75. The van der Waals surface area contributed by atoms with Gasteiger partial charge in [-0.1, -0.05) is 0 Å². The quantitative estimate of drug-likeness (QED) is 0.514. The van der Waals surface area contributed by atoms with Crippen LogP contribution >= 0.6 is 0 Å². The molecule has 4 rings (SSSR count). The summed E-state index contributed by atoms with van der Waals surface area (Å²) >= 11 is 0. The average molecular weight is 437 g/mol. The molecule has 32 heavy (non-hydrogen) atoms. The third-order valence-electron chi connectivity index (χ3n) is 6.60. The van der Waals surface area contributed by atoms with E-state index in [9.17, 15) is 4.79 Å². The monoisotopic (exact) mass is 436 g/mol. The van der Waals surface area contributed by atoms with Crippen molar-refractivity contribution in [3.63, 3.8) is 0 Å². The van der Waals surface area contributed by atoms with Crippen LogP contribution in [0, 0.1) is 13.8 Å². The lowest BCUT2D eigenvalue weighted by Gasteiger charge is -2.16. The Kier molecular flexibility index (Phi) is 7.82. The maximum atomic E-state index is 13.1. The standard InChI is InChI=1S/C27H36N2O3/c1-21-19-23(7-9-25(21)31-17-15-28-11-3-4-12-28)27(30)24-8-10-26(22(2)20-24)32-18-16-29-13-5-6-14-29/h7-10,19-20H,3-6,11-18H2,1-2H3. The van der Waals surface area contributed by atoms with E-state index in [-0.39, 0.29) is 5.78 Å². The lowest BCUT2D eigenvalue weighted by atomic mass is 9.99. The highest BCUT2D eigenvalue weighted by molar-refractivity contribution is 6.09. The van der Waals surface area contributed by atoms with E-state index in [1.54, 1.807) is 0 Å². The molecule has 0 saturated carbocycles. The third kappa shape index (κ3) is 5.90. The highest BCUT2D eigenvalue weighted by Crippen LogP contribution is 2.24. The Bertz CT molecular complexity index is 842. The van der Waals surface area contributed by atoms with Gasteiger partial charge in [-0.25, -0.2) is 0 Å². The van der Waals surface area contributed by atoms with Gasteiger partial charge in [-0.3, -0.25) is 14.6 Å². The number of aryl methyl sites for hydroxylation is 2. The minimum absolute atomic E-state index is 0.0310. The number of rotatable bonds is 10. The second-order valence-corrected chi connectivity index (χ2v) is 9.08. The first kappa shape index (κ1) is 22.8. The summed E-state index contributed by atoms with van der Waals surface area (Å²) in [6.45, 7) is 12.0. The molecule has 0 N–H and O–H groups in total. The van der Waals surface area contributed by atoms with Gasteiger partial charge >= 0.3 is 0 Å². The molecule has 2 aliphatic rings. The van der Waals surface area contributed by atoms with Crippen LogP contribution in [0.4, 0.5) is 0 Å². The Morgan fingerprint density at radius 2 is 1.12 bits per heavy atom. The fourth-order valence-corrected chi connectivity index (χ4v) is 4.65. The summed E-state index contributed by atoms with van der Waals surface area (Å²) in [5.41, 5.74) is 3.37. The van der Waals surface area contributed by atoms with E-state index in [4.69, 9.17) is 9.47 Å². The van der Waals surface area contributed by atoms with Crippen LogP contribution in [0.1, 0.15) is 52.7 Å². The second-order valence-electron chi connectivity index (χ2n) is 9.08. The van der Waals surface area contributed by atoms with Crippen LogP contribution in [-0.2, 0) is 0 Å². The number of carbonyl (C=O) groups is 1. The van der Waals surface area contributed by atoms with Gasteiger partial charge in [0.2, 0.25) is 0 Å². The Morgan fingerprint density at radius 3 is 1.50 bits per heavy atom. The fraction of sp³-hybridized carbons (Fsp3) is 0.519. The molecular formula is C27H36N2O3. The van der Waals surface area contributed by atoms with Crippen molar-refractivity contribution in [3.05, 3.63) is 58.7 Å². The molecule has 0 unspecified atom stereocenters. The first-order valence-electron chi connectivity index (χ1n) is 12.1. The number of ether oxygens (including phenoxy) is 2. The average Bonchev–Trinajstić information content (AvgIpc) is 3.50. The Labute approximate surface area is 192 Å². The summed E-state index contributed by atoms with van der Waals surface area (Å²) in [5, 5.41) is 0. The molecule has 2 aromatic rings. The molecule has 0 aliphatic carbocycles. The topological polar surface area (TPSA) is 42.0 Å².